The molecule has 6 nitrogen and oxygen atoms in total. The number of piperazine rings is 1. The Morgan fingerprint density at radius 1 is 0.806 bits per heavy atom. The molecule has 0 bridgehead atoms. The molecule has 0 radical (unpaired) electrons. The first-order chi connectivity index (χ1) is 15.3. The summed E-state index contributed by atoms with van der Waals surface area (Å²) in [6, 6.07) is 9.06. The number of benzene rings is 1. The molecule has 2 aliphatic heterocycles. The highest BCUT2D eigenvalue weighted by molar-refractivity contribution is 5.79. The van der Waals surface area contributed by atoms with Crippen LogP contribution in [-0.4, -0.2) is 86.6 Å². The summed E-state index contributed by atoms with van der Waals surface area (Å²) >= 11 is 0. The minimum Gasteiger partial charge on any atom is -0.356 e. The minimum atomic E-state index is 0.811. The smallest absolute Gasteiger partial charge is 0.191 e. The summed E-state index contributed by atoms with van der Waals surface area (Å²) < 4.78 is 0. The van der Waals surface area contributed by atoms with Crippen LogP contribution in [0.3, 0.4) is 0 Å². The molecule has 2 heterocycles. The zero-order chi connectivity index (χ0) is 21.7. The number of likely N-dealkylation sites (N-methyl/N-ethyl adjacent to an activating group) is 1. The van der Waals surface area contributed by atoms with Crippen molar-refractivity contribution in [2.45, 2.75) is 52.1 Å². The molecule has 3 rings (SSSR count). The van der Waals surface area contributed by atoms with E-state index in [2.05, 4.69) is 61.5 Å². The number of hydrogen-bond donors (Lipinski definition) is 2. The Labute approximate surface area is 190 Å². The van der Waals surface area contributed by atoms with Crippen LogP contribution in [-0.2, 0) is 13.1 Å². The van der Waals surface area contributed by atoms with Crippen molar-refractivity contribution in [2.24, 2.45) is 4.99 Å². The van der Waals surface area contributed by atoms with Gasteiger partial charge >= 0.3 is 0 Å². The second-order valence-corrected chi connectivity index (χ2v) is 8.99. The van der Waals surface area contributed by atoms with Gasteiger partial charge in [-0.05, 0) is 63.0 Å². The van der Waals surface area contributed by atoms with Gasteiger partial charge in [-0.3, -0.25) is 9.89 Å². The molecule has 31 heavy (non-hydrogen) atoms. The van der Waals surface area contributed by atoms with E-state index in [9.17, 15) is 0 Å². The molecule has 0 unspecified atom stereocenters. The zero-order valence-corrected chi connectivity index (χ0v) is 19.9. The quantitative estimate of drug-likeness (QED) is 0.341. The second kappa shape index (κ2) is 13.7. The molecule has 174 valence electrons. The molecule has 0 spiro atoms. The lowest BCUT2D eigenvalue weighted by molar-refractivity contribution is 0.136. The lowest BCUT2D eigenvalue weighted by Crippen LogP contribution is -2.46. The fourth-order valence-corrected chi connectivity index (χ4v) is 4.54. The van der Waals surface area contributed by atoms with E-state index in [4.69, 9.17) is 0 Å². The average molecular weight is 429 g/mol. The fourth-order valence-electron chi connectivity index (χ4n) is 4.54. The van der Waals surface area contributed by atoms with Crippen LogP contribution in [0, 0.1) is 0 Å². The van der Waals surface area contributed by atoms with Gasteiger partial charge in [-0.15, -0.1) is 0 Å². The highest BCUT2D eigenvalue weighted by Gasteiger charge is 2.14. The van der Waals surface area contributed by atoms with Gasteiger partial charge in [0.1, 0.15) is 0 Å². The molecule has 2 saturated heterocycles. The molecule has 1 aromatic carbocycles. The molecule has 0 amide bonds. The SMILES string of the molecule is CCN1CCN(CCCCNC(=NC)NCc2ccc(CN3CCCCC3)cc2)CC1. The van der Waals surface area contributed by atoms with E-state index in [0.717, 1.165) is 25.6 Å². The van der Waals surface area contributed by atoms with Crippen molar-refractivity contribution in [2.75, 3.05) is 66.0 Å². The van der Waals surface area contributed by atoms with E-state index in [1.54, 1.807) is 0 Å². The lowest BCUT2D eigenvalue weighted by Gasteiger charge is -2.34. The number of nitrogens with zero attached hydrogens (tertiary/aromatic N) is 4. The molecule has 0 saturated carbocycles. The van der Waals surface area contributed by atoms with Crippen LogP contribution < -0.4 is 10.6 Å². The van der Waals surface area contributed by atoms with Crippen molar-refractivity contribution >= 4 is 5.96 Å². The summed E-state index contributed by atoms with van der Waals surface area (Å²) in [6.45, 7) is 14.9. The summed E-state index contributed by atoms with van der Waals surface area (Å²) in [6.07, 6.45) is 6.52. The van der Waals surface area contributed by atoms with Gasteiger partial charge < -0.3 is 20.4 Å². The van der Waals surface area contributed by atoms with Crippen molar-refractivity contribution < 1.29 is 0 Å². The zero-order valence-electron chi connectivity index (χ0n) is 19.9. The highest BCUT2D eigenvalue weighted by Crippen LogP contribution is 2.13. The standard InChI is InChI=1S/C25H44N6/c1-3-29-17-19-30(20-18-29)14-8-5-13-27-25(26-2)28-21-23-9-11-24(12-10-23)22-31-15-6-4-7-16-31/h9-12H,3-8,13-22H2,1-2H3,(H2,26,27,28). The summed E-state index contributed by atoms with van der Waals surface area (Å²) in [5, 5.41) is 6.92. The lowest BCUT2D eigenvalue weighted by atomic mass is 10.1. The Morgan fingerprint density at radius 3 is 2.16 bits per heavy atom. The van der Waals surface area contributed by atoms with Gasteiger partial charge in [0.05, 0.1) is 0 Å². The third kappa shape index (κ3) is 8.79. The van der Waals surface area contributed by atoms with E-state index in [-0.39, 0.29) is 0 Å². The van der Waals surface area contributed by atoms with Gasteiger partial charge in [-0.25, -0.2) is 0 Å². The van der Waals surface area contributed by atoms with Gasteiger partial charge in [0.25, 0.3) is 0 Å². The van der Waals surface area contributed by atoms with Crippen molar-refractivity contribution in [3.8, 4) is 0 Å². The first-order valence-electron chi connectivity index (χ1n) is 12.5. The van der Waals surface area contributed by atoms with E-state index in [1.165, 1.54) is 95.6 Å². The van der Waals surface area contributed by atoms with Crippen molar-refractivity contribution in [1.82, 2.24) is 25.3 Å². The molecule has 6 heteroatoms. The van der Waals surface area contributed by atoms with Gasteiger partial charge in [0.2, 0.25) is 0 Å². The first-order valence-corrected chi connectivity index (χ1v) is 12.5. The Kier molecular flexibility index (Phi) is 10.6. The van der Waals surface area contributed by atoms with Gasteiger partial charge in [0, 0.05) is 52.9 Å². The van der Waals surface area contributed by atoms with Crippen LogP contribution in [0.25, 0.3) is 0 Å². The number of guanidine groups is 1. The monoisotopic (exact) mass is 428 g/mol. The van der Waals surface area contributed by atoms with Crippen LogP contribution >= 0.6 is 0 Å². The second-order valence-electron chi connectivity index (χ2n) is 8.99. The third-order valence-electron chi connectivity index (χ3n) is 6.67. The molecule has 1 aromatic rings. The van der Waals surface area contributed by atoms with Crippen LogP contribution in [0.15, 0.2) is 29.3 Å². The summed E-state index contributed by atoms with van der Waals surface area (Å²) in [4.78, 5) is 12.1. The number of likely N-dealkylation sites (tertiary alicyclic amines) is 1. The number of unbranched alkanes of at least 4 members (excludes halogenated alkanes) is 1. The number of rotatable bonds is 10. The molecule has 0 aliphatic carbocycles. The van der Waals surface area contributed by atoms with Crippen LogP contribution in [0.2, 0.25) is 0 Å². The predicted octanol–water partition coefficient (Wildman–Crippen LogP) is 2.76. The van der Waals surface area contributed by atoms with Crippen LogP contribution in [0.5, 0.6) is 0 Å². The maximum Gasteiger partial charge on any atom is 0.191 e. The summed E-state index contributed by atoms with van der Waals surface area (Å²) in [5.74, 6) is 0.897. The molecule has 2 N–H and O–H groups in total. The Bertz CT molecular complexity index is 630. The number of nitrogens with one attached hydrogen (secondary N) is 2. The van der Waals surface area contributed by atoms with Crippen LogP contribution in [0.1, 0.15) is 50.2 Å². The van der Waals surface area contributed by atoms with Crippen molar-refractivity contribution in [3.05, 3.63) is 35.4 Å². The largest absolute Gasteiger partial charge is 0.356 e. The van der Waals surface area contributed by atoms with E-state index < -0.39 is 0 Å². The normalized spacial score (nSPS) is 19.5. The Hall–Kier alpha value is -1.63. The average Bonchev–Trinajstić information content (AvgIpc) is 2.83. The molecular formula is C25H44N6. The molecule has 0 atom stereocenters. The highest BCUT2D eigenvalue weighted by atomic mass is 15.3. The maximum absolute atomic E-state index is 4.38. The Balaban J connectivity index is 1.27. The molecule has 2 aliphatic rings. The van der Waals surface area contributed by atoms with E-state index in [1.807, 2.05) is 7.05 Å². The third-order valence-corrected chi connectivity index (χ3v) is 6.67. The van der Waals surface area contributed by atoms with E-state index in [0.29, 0.717) is 0 Å². The molecule has 2 fully saturated rings. The summed E-state index contributed by atoms with van der Waals surface area (Å²) in [5.41, 5.74) is 2.72. The fraction of sp³-hybridized carbons (Fsp3) is 0.720. The van der Waals surface area contributed by atoms with Crippen molar-refractivity contribution in [3.63, 3.8) is 0 Å². The molecular weight excluding hydrogens is 384 g/mol. The van der Waals surface area contributed by atoms with Crippen molar-refractivity contribution in [1.29, 1.82) is 0 Å². The van der Waals surface area contributed by atoms with Gasteiger partial charge in [-0.1, -0.05) is 37.6 Å². The maximum atomic E-state index is 4.38. The Morgan fingerprint density at radius 2 is 1.48 bits per heavy atom. The van der Waals surface area contributed by atoms with E-state index >= 15 is 0 Å². The first kappa shape index (κ1) is 24.0. The number of hydrogen-bond acceptors (Lipinski definition) is 4. The van der Waals surface area contributed by atoms with Gasteiger partial charge in [-0.2, -0.15) is 0 Å². The molecule has 0 aromatic heterocycles. The number of piperidine rings is 1. The van der Waals surface area contributed by atoms with Gasteiger partial charge in [0.15, 0.2) is 5.96 Å². The number of aliphatic imine (C=N–C) groups is 1. The minimum absolute atomic E-state index is 0.811. The summed E-state index contributed by atoms with van der Waals surface area (Å²) in [7, 11) is 1.85. The predicted molar refractivity (Wildman–Crippen MR) is 132 cm³/mol. The topological polar surface area (TPSA) is 46.1 Å². The van der Waals surface area contributed by atoms with Crippen LogP contribution in [0.4, 0.5) is 0 Å².